The summed E-state index contributed by atoms with van der Waals surface area (Å²) in [6.07, 6.45) is 1.82. The maximum absolute atomic E-state index is 12.0. The number of nitrogens with zero attached hydrogens (tertiary/aromatic N) is 3. The molecule has 142 valence electrons. The van der Waals surface area contributed by atoms with Gasteiger partial charge in [-0.2, -0.15) is 0 Å². The number of aromatic amines is 1. The van der Waals surface area contributed by atoms with Gasteiger partial charge in [0.05, 0.1) is 11.3 Å². The standard InChI is InChI=1S/C20H19N5O3/c1-10(2)13-8-14(17(27)9-16(13)26)19-23-24-20(18(21)28)25(19)12-3-4-15-11(7-12)5-6-22-15/h3-10,22,26-27H,1-2H3,(H2,21,28). The number of aromatic hydroxyl groups is 2. The SMILES string of the molecule is CC(C)c1cc(-c2nnc(C(N)=O)n2-c2ccc3[nH]ccc3c2)c(O)cc1O. The average Bonchev–Trinajstić information content (AvgIpc) is 3.27. The zero-order chi connectivity index (χ0) is 20.0. The Morgan fingerprint density at radius 3 is 2.61 bits per heavy atom. The monoisotopic (exact) mass is 377 g/mol. The third-order valence-electron chi connectivity index (χ3n) is 4.69. The fourth-order valence-corrected chi connectivity index (χ4v) is 3.28. The van der Waals surface area contributed by atoms with Crippen LogP contribution >= 0.6 is 0 Å². The van der Waals surface area contributed by atoms with E-state index >= 15 is 0 Å². The highest BCUT2D eigenvalue weighted by Gasteiger charge is 2.23. The summed E-state index contributed by atoms with van der Waals surface area (Å²) in [5.74, 6) is -0.704. The van der Waals surface area contributed by atoms with E-state index in [0.717, 1.165) is 10.9 Å². The van der Waals surface area contributed by atoms with E-state index in [1.165, 1.54) is 10.6 Å². The molecule has 0 unspecified atom stereocenters. The zero-order valence-corrected chi connectivity index (χ0v) is 15.3. The molecule has 0 atom stereocenters. The Hall–Kier alpha value is -3.81. The van der Waals surface area contributed by atoms with Gasteiger partial charge in [0.15, 0.2) is 5.82 Å². The van der Waals surface area contributed by atoms with Crippen LogP contribution in [0.1, 0.15) is 35.9 Å². The van der Waals surface area contributed by atoms with Gasteiger partial charge in [0.25, 0.3) is 5.91 Å². The predicted octanol–water partition coefficient (Wildman–Crippen LogP) is 3.05. The maximum atomic E-state index is 12.0. The van der Waals surface area contributed by atoms with Gasteiger partial charge in [-0.1, -0.05) is 13.8 Å². The summed E-state index contributed by atoms with van der Waals surface area (Å²) >= 11 is 0. The molecule has 0 bridgehead atoms. The number of H-pyrrole nitrogens is 1. The summed E-state index contributed by atoms with van der Waals surface area (Å²) in [4.78, 5) is 15.1. The highest BCUT2D eigenvalue weighted by atomic mass is 16.3. The third-order valence-corrected chi connectivity index (χ3v) is 4.69. The van der Waals surface area contributed by atoms with Crippen molar-refractivity contribution in [1.82, 2.24) is 19.7 Å². The molecule has 1 amide bonds. The first kappa shape index (κ1) is 17.6. The lowest BCUT2D eigenvalue weighted by Gasteiger charge is -2.14. The quantitative estimate of drug-likeness (QED) is 0.434. The molecule has 4 aromatic rings. The van der Waals surface area contributed by atoms with Gasteiger partial charge in [0.1, 0.15) is 11.5 Å². The van der Waals surface area contributed by atoms with Gasteiger partial charge in [0.2, 0.25) is 5.82 Å². The van der Waals surface area contributed by atoms with Crippen LogP contribution in [0, 0.1) is 0 Å². The molecule has 28 heavy (non-hydrogen) atoms. The molecule has 8 nitrogen and oxygen atoms in total. The van der Waals surface area contributed by atoms with Crippen molar-refractivity contribution < 1.29 is 15.0 Å². The average molecular weight is 377 g/mol. The number of amides is 1. The van der Waals surface area contributed by atoms with Crippen molar-refractivity contribution in [3.8, 4) is 28.6 Å². The summed E-state index contributed by atoms with van der Waals surface area (Å²) in [5.41, 5.74) is 8.05. The van der Waals surface area contributed by atoms with Gasteiger partial charge < -0.3 is 20.9 Å². The number of carbonyl (C=O) groups excluding carboxylic acids is 1. The molecule has 0 aliphatic carbocycles. The second kappa shape index (κ2) is 6.41. The van der Waals surface area contributed by atoms with E-state index in [1.54, 1.807) is 12.1 Å². The summed E-state index contributed by atoms with van der Waals surface area (Å²) in [7, 11) is 0. The number of hydrogen-bond acceptors (Lipinski definition) is 5. The van der Waals surface area contributed by atoms with Gasteiger partial charge in [-0.25, -0.2) is 0 Å². The van der Waals surface area contributed by atoms with Gasteiger partial charge in [-0.15, -0.1) is 10.2 Å². The largest absolute Gasteiger partial charge is 0.508 e. The van der Waals surface area contributed by atoms with Crippen LogP contribution in [0.4, 0.5) is 0 Å². The number of hydrogen-bond donors (Lipinski definition) is 4. The Bertz CT molecular complexity index is 1210. The number of fused-ring (bicyclic) bond motifs is 1. The van der Waals surface area contributed by atoms with Crippen LogP contribution < -0.4 is 5.73 Å². The Morgan fingerprint density at radius 1 is 1.11 bits per heavy atom. The van der Waals surface area contributed by atoms with Crippen molar-refractivity contribution in [2.75, 3.05) is 0 Å². The summed E-state index contributed by atoms with van der Waals surface area (Å²) in [6, 6.07) is 10.4. The molecule has 0 aliphatic rings. The Kier molecular flexibility index (Phi) is 4.03. The Morgan fingerprint density at radius 2 is 1.89 bits per heavy atom. The number of phenols is 2. The second-order valence-electron chi connectivity index (χ2n) is 6.88. The summed E-state index contributed by atoms with van der Waals surface area (Å²) in [6.45, 7) is 3.85. The van der Waals surface area contributed by atoms with Crippen molar-refractivity contribution in [2.45, 2.75) is 19.8 Å². The fourth-order valence-electron chi connectivity index (χ4n) is 3.28. The number of aromatic nitrogens is 4. The lowest BCUT2D eigenvalue weighted by atomic mass is 9.98. The van der Waals surface area contributed by atoms with E-state index in [9.17, 15) is 15.0 Å². The molecule has 0 spiro atoms. The van der Waals surface area contributed by atoms with Crippen molar-refractivity contribution in [3.05, 3.63) is 54.0 Å². The third kappa shape index (κ3) is 2.75. The molecule has 0 radical (unpaired) electrons. The van der Waals surface area contributed by atoms with E-state index in [-0.39, 0.29) is 29.1 Å². The Labute approximate surface area is 160 Å². The van der Waals surface area contributed by atoms with E-state index < -0.39 is 5.91 Å². The first-order chi connectivity index (χ1) is 13.4. The van der Waals surface area contributed by atoms with Crippen molar-refractivity contribution in [2.24, 2.45) is 5.73 Å². The van der Waals surface area contributed by atoms with Gasteiger partial charge in [-0.05, 0) is 41.8 Å². The number of phenolic OH excluding ortho intramolecular Hbond substituents is 2. The molecule has 8 heteroatoms. The first-order valence-corrected chi connectivity index (χ1v) is 8.75. The highest BCUT2D eigenvalue weighted by molar-refractivity contribution is 5.91. The number of benzene rings is 2. The van der Waals surface area contributed by atoms with Crippen LogP contribution in [0.25, 0.3) is 28.0 Å². The first-order valence-electron chi connectivity index (χ1n) is 8.75. The molecule has 2 aromatic carbocycles. The number of rotatable bonds is 4. The zero-order valence-electron chi connectivity index (χ0n) is 15.3. The van der Waals surface area contributed by atoms with Crippen LogP contribution in [0.5, 0.6) is 11.5 Å². The normalized spacial score (nSPS) is 11.4. The minimum absolute atomic E-state index is 0.00816. The molecule has 5 N–H and O–H groups in total. The van der Waals surface area contributed by atoms with Crippen LogP contribution in [0.3, 0.4) is 0 Å². The molecule has 0 fully saturated rings. The molecular weight excluding hydrogens is 358 g/mol. The molecule has 0 saturated heterocycles. The molecule has 0 saturated carbocycles. The highest BCUT2D eigenvalue weighted by Crippen LogP contribution is 2.38. The van der Waals surface area contributed by atoms with Crippen LogP contribution in [-0.4, -0.2) is 35.9 Å². The number of nitrogens with two attached hydrogens (primary N) is 1. The van der Waals surface area contributed by atoms with E-state index in [1.807, 2.05) is 38.2 Å². The van der Waals surface area contributed by atoms with Crippen LogP contribution in [0.2, 0.25) is 0 Å². The second-order valence-corrected chi connectivity index (χ2v) is 6.88. The number of nitrogens with one attached hydrogen (secondary N) is 1. The molecular formula is C20H19N5O3. The van der Waals surface area contributed by atoms with E-state index in [4.69, 9.17) is 5.73 Å². The lowest BCUT2D eigenvalue weighted by molar-refractivity contribution is 0.0988. The van der Waals surface area contributed by atoms with E-state index in [2.05, 4.69) is 15.2 Å². The van der Waals surface area contributed by atoms with Crippen LogP contribution in [-0.2, 0) is 0 Å². The summed E-state index contributed by atoms with van der Waals surface area (Å²) in [5, 5.41) is 29.5. The number of carbonyl (C=O) groups is 1. The Balaban J connectivity index is 1.99. The van der Waals surface area contributed by atoms with Gasteiger partial charge >= 0.3 is 0 Å². The molecule has 0 aliphatic heterocycles. The van der Waals surface area contributed by atoms with E-state index in [0.29, 0.717) is 16.8 Å². The molecule has 2 heterocycles. The fraction of sp³-hybridized carbons (Fsp3) is 0.150. The predicted molar refractivity (Wildman–Crippen MR) is 105 cm³/mol. The minimum atomic E-state index is -0.740. The summed E-state index contributed by atoms with van der Waals surface area (Å²) < 4.78 is 1.50. The molecule has 2 aromatic heterocycles. The lowest BCUT2D eigenvalue weighted by Crippen LogP contribution is -2.17. The molecule has 4 rings (SSSR count). The number of primary amides is 1. The minimum Gasteiger partial charge on any atom is -0.508 e. The smallest absolute Gasteiger partial charge is 0.287 e. The van der Waals surface area contributed by atoms with Crippen molar-refractivity contribution in [3.63, 3.8) is 0 Å². The maximum Gasteiger partial charge on any atom is 0.287 e. The van der Waals surface area contributed by atoms with Crippen molar-refractivity contribution in [1.29, 1.82) is 0 Å². The topological polar surface area (TPSA) is 130 Å². The van der Waals surface area contributed by atoms with Gasteiger partial charge in [0, 0.05) is 23.2 Å². The van der Waals surface area contributed by atoms with Gasteiger partial charge in [-0.3, -0.25) is 9.36 Å². The van der Waals surface area contributed by atoms with Crippen molar-refractivity contribution >= 4 is 16.8 Å². The van der Waals surface area contributed by atoms with Crippen LogP contribution in [0.15, 0.2) is 42.6 Å².